The van der Waals surface area contributed by atoms with E-state index in [1.807, 2.05) is 36.7 Å². The number of aryl methyl sites for hydroxylation is 1. The number of aliphatic hydroxyl groups excluding tert-OH is 1. The Morgan fingerprint density at radius 1 is 1.50 bits per heavy atom. The number of imidazole rings is 1. The van der Waals surface area contributed by atoms with Gasteiger partial charge in [-0.05, 0) is 19.8 Å². The van der Waals surface area contributed by atoms with Crippen LogP contribution >= 0.6 is 11.3 Å². The van der Waals surface area contributed by atoms with Crippen LogP contribution in [0.4, 0.5) is 0 Å². The van der Waals surface area contributed by atoms with E-state index in [1.165, 1.54) is 11.3 Å². The van der Waals surface area contributed by atoms with Gasteiger partial charge in [0.2, 0.25) is 5.91 Å². The first-order chi connectivity index (χ1) is 9.53. The zero-order chi connectivity index (χ0) is 14.8. The lowest BCUT2D eigenvalue weighted by molar-refractivity contribution is -0.123. The van der Waals surface area contributed by atoms with Gasteiger partial charge in [-0.3, -0.25) is 9.20 Å². The van der Waals surface area contributed by atoms with E-state index in [2.05, 4.69) is 10.3 Å². The molecule has 0 aliphatic heterocycles. The largest absolute Gasteiger partial charge is 0.394 e. The molecule has 0 aliphatic carbocycles. The van der Waals surface area contributed by atoms with Gasteiger partial charge in [0.1, 0.15) is 0 Å². The van der Waals surface area contributed by atoms with Crippen LogP contribution in [-0.2, 0) is 11.2 Å². The number of hydrogen-bond acceptors (Lipinski definition) is 4. The molecule has 2 aromatic rings. The van der Waals surface area contributed by atoms with Crippen molar-refractivity contribution < 1.29 is 9.90 Å². The third kappa shape index (κ3) is 2.86. The minimum atomic E-state index is -0.503. The van der Waals surface area contributed by atoms with Crippen molar-refractivity contribution in [2.24, 2.45) is 0 Å². The smallest absolute Gasteiger partial charge is 0.226 e. The lowest BCUT2D eigenvalue weighted by Gasteiger charge is -2.30. The number of carbonyl (C=O) groups is 1. The van der Waals surface area contributed by atoms with Gasteiger partial charge in [-0.2, -0.15) is 0 Å². The fourth-order valence-electron chi connectivity index (χ4n) is 2.26. The molecule has 0 atom stereocenters. The molecule has 0 aliphatic rings. The summed E-state index contributed by atoms with van der Waals surface area (Å²) in [6.07, 6.45) is 3.68. The number of fused-ring (bicyclic) bond motifs is 1. The van der Waals surface area contributed by atoms with E-state index < -0.39 is 5.54 Å². The molecule has 2 aromatic heterocycles. The second-order valence-corrected chi connectivity index (χ2v) is 5.97. The van der Waals surface area contributed by atoms with Crippen molar-refractivity contribution in [2.75, 3.05) is 6.61 Å². The molecule has 2 N–H and O–H groups in total. The first-order valence-electron chi connectivity index (χ1n) is 6.87. The fourth-order valence-corrected chi connectivity index (χ4v) is 3.18. The van der Waals surface area contributed by atoms with E-state index >= 15 is 0 Å². The highest BCUT2D eigenvalue weighted by molar-refractivity contribution is 7.15. The number of carbonyl (C=O) groups excluding carboxylic acids is 1. The number of aliphatic hydroxyl groups is 1. The summed E-state index contributed by atoms with van der Waals surface area (Å²) < 4.78 is 1.96. The number of nitrogens with zero attached hydrogens (tertiary/aromatic N) is 2. The summed E-state index contributed by atoms with van der Waals surface area (Å²) in [5, 5.41) is 14.4. The molecule has 2 heterocycles. The quantitative estimate of drug-likeness (QED) is 0.855. The van der Waals surface area contributed by atoms with Gasteiger partial charge in [0.05, 0.1) is 24.3 Å². The number of amides is 1. The van der Waals surface area contributed by atoms with Crippen LogP contribution in [0.3, 0.4) is 0 Å². The standard InChI is InChI=1S/C14H21N3O2S/c1-4-14(5-2,9-18)16-12(19)6-11-8-20-13-15-10(3)7-17(11)13/h7-8,18H,4-6,9H2,1-3H3,(H,16,19). The molecule has 0 saturated carbocycles. The molecule has 1 amide bonds. The van der Waals surface area contributed by atoms with Crippen LogP contribution in [0.2, 0.25) is 0 Å². The van der Waals surface area contributed by atoms with Crippen molar-refractivity contribution in [3.63, 3.8) is 0 Å². The Balaban J connectivity index is 2.11. The SMILES string of the molecule is CCC(CC)(CO)NC(=O)Cc1csc2nc(C)cn12. The number of rotatable bonds is 6. The molecule has 5 nitrogen and oxygen atoms in total. The minimum Gasteiger partial charge on any atom is -0.394 e. The molecule has 0 fully saturated rings. The van der Waals surface area contributed by atoms with E-state index in [-0.39, 0.29) is 12.5 Å². The second kappa shape index (κ2) is 5.93. The van der Waals surface area contributed by atoms with Crippen molar-refractivity contribution in [1.82, 2.24) is 14.7 Å². The Morgan fingerprint density at radius 2 is 2.20 bits per heavy atom. The van der Waals surface area contributed by atoms with Crippen LogP contribution in [0.5, 0.6) is 0 Å². The highest BCUT2D eigenvalue weighted by atomic mass is 32.1. The Hall–Kier alpha value is -1.40. The number of thiazole rings is 1. The van der Waals surface area contributed by atoms with E-state index in [1.54, 1.807) is 0 Å². The molecule has 0 radical (unpaired) electrons. The summed E-state index contributed by atoms with van der Waals surface area (Å²) in [7, 11) is 0. The molecule has 20 heavy (non-hydrogen) atoms. The summed E-state index contributed by atoms with van der Waals surface area (Å²) in [6.45, 7) is 5.85. The van der Waals surface area contributed by atoms with E-state index in [9.17, 15) is 9.90 Å². The van der Waals surface area contributed by atoms with E-state index in [4.69, 9.17) is 0 Å². The summed E-state index contributed by atoms with van der Waals surface area (Å²) in [4.78, 5) is 17.5. The molecule has 0 unspecified atom stereocenters. The second-order valence-electron chi connectivity index (χ2n) is 5.13. The molecule has 0 bridgehead atoms. The van der Waals surface area contributed by atoms with Gasteiger partial charge in [-0.1, -0.05) is 13.8 Å². The maximum absolute atomic E-state index is 12.2. The van der Waals surface area contributed by atoms with Gasteiger partial charge in [-0.25, -0.2) is 4.98 Å². The Bertz CT molecular complexity index is 590. The summed E-state index contributed by atoms with van der Waals surface area (Å²) in [5.74, 6) is -0.0613. The van der Waals surface area contributed by atoms with Crippen molar-refractivity contribution in [2.45, 2.75) is 45.6 Å². The van der Waals surface area contributed by atoms with Gasteiger partial charge in [0, 0.05) is 17.3 Å². The Labute approximate surface area is 122 Å². The van der Waals surface area contributed by atoms with Crippen LogP contribution in [0.1, 0.15) is 38.1 Å². The van der Waals surface area contributed by atoms with E-state index in [0.29, 0.717) is 6.42 Å². The number of nitrogens with one attached hydrogen (secondary N) is 1. The molecule has 0 spiro atoms. The van der Waals surface area contributed by atoms with Crippen LogP contribution in [0.25, 0.3) is 4.96 Å². The molecule has 6 heteroatoms. The molecule has 0 saturated heterocycles. The van der Waals surface area contributed by atoms with Crippen molar-refractivity contribution >= 4 is 22.2 Å². The molecular formula is C14H21N3O2S. The highest BCUT2D eigenvalue weighted by Crippen LogP contribution is 2.18. The molecular weight excluding hydrogens is 274 g/mol. The zero-order valence-electron chi connectivity index (χ0n) is 12.1. The third-order valence-corrected chi connectivity index (χ3v) is 4.70. The minimum absolute atomic E-state index is 0.0328. The lowest BCUT2D eigenvalue weighted by Crippen LogP contribution is -2.51. The van der Waals surface area contributed by atoms with Gasteiger partial charge in [0.15, 0.2) is 4.96 Å². The summed E-state index contributed by atoms with van der Waals surface area (Å²) in [6, 6.07) is 0. The third-order valence-electron chi connectivity index (χ3n) is 3.81. The van der Waals surface area contributed by atoms with Gasteiger partial charge in [-0.15, -0.1) is 11.3 Å². The van der Waals surface area contributed by atoms with Crippen LogP contribution in [0.15, 0.2) is 11.6 Å². The van der Waals surface area contributed by atoms with Crippen molar-refractivity contribution in [3.05, 3.63) is 23.0 Å². The Morgan fingerprint density at radius 3 is 2.80 bits per heavy atom. The summed E-state index contributed by atoms with van der Waals surface area (Å²) >= 11 is 1.53. The maximum Gasteiger partial charge on any atom is 0.226 e. The topological polar surface area (TPSA) is 66.6 Å². The first-order valence-corrected chi connectivity index (χ1v) is 7.75. The van der Waals surface area contributed by atoms with Gasteiger partial charge < -0.3 is 10.4 Å². The van der Waals surface area contributed by atoms with Gasteiger partial charge in [0.25, 0.3) is 0 Å². The predicted octanol–water partition coefficient (Wildman–Crippen LogP) is 1.91. The van der Waals surface area contributed by atoms with E-state index in [0.717, 1.165) is 29.2 Å². The normalized spacial score (nSPS) is 12.0. The number of aromatic nitrogens is 2. The molecule has 2 rings (SSSR count). The van der Waals surface area contributed by atoms with Gasteiger partial charge >= 0.3 is 0 Å². The average Bonchev–Trinajstić information content (AvgIpc) is 2.97. The van der Waals surface area contributed by atoms with Crippen molar-refractivity contribution in [3.8, 4) is 0 Å². The molecule has 0 aromatic carbocycles. The molecule has 110 valence electrons. The number of hydrogen-bond donors (Lipinski definition) is 2. The van der Waals surface area contributed by atoms with Crippen LogP contribution in [0, 0.1) is 6.92 Å². The van der Waals surface area contributed by atoms with Crippen LogP contribution < -0.4 is 5.32 Å². The monoisotopic (exact) mass is 295 g/mol. The Kier molecular flexibility index (Phi) is 4.45. The lowest BCUT2D eigenvalue weighted by atomic mass is 9.93. The summed E-state index contributed by atoms with van der Waals surface area (Å²) in [5.41, 5.74) is 1.38. The van der Waals surface area contributed by atoms with Crippen LogP contribution in [-0.4, -0.2) is 32.5 Å². The maximum atomic E-state index is 12.2. The highest BCUT2D eigenvalue weighted by Gasteiger charge is 2.27. The van der Waals surface area contributed by atoms with Crippen molar-refractivity contribution in [1.29, 1.82) is 0 Å². The predicted molar refractivity (Wildman–Crippen MR) is 80.1 cm³/mol. The fraction of sp³-hybridized carbons (Fsp3) is 0.571. The average molecular weight is 295 g/mol. The zero-order valence-corrected chi connectivity index (χ0v) is 13.0. The first kappa shape index (κ1) is 15.0.